The second kappa shape index (κ2) is 7.74. The van der Waals surface area contributed by atoms with Crippen LogP contribution in [0.4, 0.5) is 5.69 Å². The summed E-state index contributed by atoms with van der Waals surface area (Å²) < 4.78 is 5.85. The van der Waals surface area contributed by atoms with Gasteiger partial charge in [-0.05, 0) is 49.7 Å². The van der Waals surface area contributed by atoms with Crippen LogP contribution in [0.25, 0.3) is 0 Å². The quantitative estimate of drug-likeness (QED) is 0.841. The van der Waals surface area contributed by atoms with Gasteiger partial charge in [0.25, 0.3) is 5.91 Å². The Balaban J connectivity index is 1.56. The molecule has 0 radical (unpaired) electrons. The third-order valence-corrected chi connectivity index (χ3v) is 4.63. The Morgan fingerprint density at radius 3 is 2.64 bits per heavy atom. The molecule has 1 fully saturated rings. The SMILES string of the molecule is Cc1cc(Cl)ccc1OC(C)C(=O)N1CCN(c2cccnc2)CC1. The van der Waals surface area contributed by atoms with Crippen molar-refractivity contribution in [3.05, 3.63) is 53.3 Å². The van der Waals surface area contributed by atoms with E-state index in [4.69, 9.17) is 16.3 Å². The van der Waals surface area contributed by atoms with Crippen molar-refractivity contribution in [3.63, 3.8) is 0 Å². The van der Waals surface area contributed by atoms with Crippen LogP contribution in [-0.2, 0) is 4.79 Å². The molecule has 1 saturated heterocycles. The molecule has 1 aromatic heterocycles. The van der Waals surface area contributed by atoms with E-state index in [1.165, 1.54) is 0 Å². The van der Waals surface area contributed by atoms with E-state index in [0.29, 0.717) is 23.9 Å². The summed E-state index contributed by atoms with van der Waals surface area (Å²) in [5.41, 5.74) is 2.02. The molecular formula is C19H22ClN3O2. The van der Waals surface area contributed by atoms with Crippen LogP contribution in [0.1, 0.15) is 12.5 Å². The predicted octanol–water partition coefficient (Wildman–Crippen LogP) is 3.16. The number of piperazine rings is 1. The Morgan fingerprint density at radius 1 is 1.24 bits per heavy atom. The topological polar surface area (TPSA) is 45.7 Å². The van der Waals surface area contributed by atoms with Crippen LogP contribution in [0.2, 0.25) is 5.02 Å². The number of halogens is 1. The van der Waals surface area contributed by atoms with Gasteiger partial charge in [0.15, 0.2) is 6.10 Å². The highest BCUT2D eigenvalue weighted by Gasteiger charge is 2.26. The van der Waals surface area contributed by atoms with E-state index in [2.05, 4.69) is 9.88 Å². The summed E-state index contributed by atoms with van der Waals surface area (Å²) in [5.74, 6) is 0.708. The van der Waals surface area contributed by atoms with Gasteiger partial charge >= 0.3 is 0 Å². The lowest BCUT2D eigenvalue weighted by Crippen LogP contribution is -2.52. The minimum absolute atomic E-state index is 0.0141. The molecular weight excluding hydrogens is 338 g/mol. The molecule has 1 aromatic carbocycles. The highest BCUT2D eigenvalue weighted by atomic mass is 35.5. The molecule has 1 aliphatic heterocycles. The number of carbonyl (C=O) groups is 1. The van der Waals surface area contributed by atoms with Gasteiger partial charge in [-0.1, -0.05) is 11.6 Å². The number of benzene rings is 1. The number of amides is 1. The molecule has 3 rings (SSSR count). The number of ether oxygens (including phenoxy) is 1. The zero-order valence-electron chi connectivity index (χ0n) is 14.5. The minimum Gasteiger partial charge on any atom is -0.481 e. The smallest absolute Gasteiger partial charge is 0.263 e. The standard InChI is InChI=1S/C19H22ClN3O2/c1-14-12-16(20)5-6-18(14)25-15(2)19(24)23-10-8-22(9-11-23)17-4-3-7-21-13-17/h3-7,12-13,15H,8-11H2,1-2H3. The lowest BCUT2D eigenvalue weighted by molar-refractivity contribution is -0.138. The molecule has 1 aliphatic rings. The third-order valence-electron chi connectivity index (χ3n) is 4.39. The normalized spacial score (nSPS) is 15.8. The maximum Gasteiger partial charge on any atom is 0.263 e. The predicted molar refractivity (Wildman–Crippen MR) is 99.3 cm³/mol. The fourth-order valence-electron chi connectivity index (χ4n) is 2.97. The lowest BCUT2D eigenvalue weighted by atomic mass is 10.2. The Bertz CT molecular complexity index is 731. The van der Waals surface area contributed by atoms with Gasteiger partial charge in [-0.2, -0.15) is 0 Å². The third kappa shape index (κ3) is 4.23. The van der Waals surface area contributed by atoms with E-state index >= 15 is 0 Å². The summed E-state index contributed by atoms with van der Waals surface area (Å²) >= 11 is 5.96. The van der Waals surface area contributed by atoms with Crippen LogP contribution in [0.3, 0.4) is 0 Å². The van der Waals surface area contributed by atoms with Gasteiger partial charge in [0.2, 0.25) is 0 Å². The molecule has 0 aliphatic carbocycles. The van der Waals surface area contributed by atoms with Gasteiger partial charge in [0.1, 0.15) is 5.75 Å². The van der Waals surface area contributed by atoms with Crippen LogP contribution >= 0.6 is 11.6 Å². The number of hydrogen-bond acceptors (Lipinski definition) is 4. The first-order valence-electron chi connectivity index (χ1n) is 8.41. The molecule has 0 saturated carbocycles. The van der Waals surface area contributed by atoms with Crippen LogP contribution in [0, 0.1) is 6.92 Å². The highest BCUT2D eigenvalue weighted by molar-refractivity contribution is 6.30. The molecule has 0 N–H and O–H groups in total. The van der Waals surface area contributed by atoms with E-state index in [-0.39, 0.29) is 5.91 Å². The number of aryl methyl sites for hydroxylation is 1. The molecule has 5 nitrogen and oxygen atoms in total. The molecule has 1 amide bonds. The van der Waals surface area contributed by atoms with Crippen LogP contribution in [0.15, 0.2) is 42.7 Å². The number of carbonyl (C=O) groups excluding carboxylic acids is 1. The molecule has 1 atom stereocenters. The summed E-state index contributed by atoms with van der Waals surface area (Å²) in [4.78, 5) is 20.9. The maximum absolute atomic E-state index is 12.7. The number of hydrogen-bond donors (Lipinski definition) is 0. The van der Waals surface area contributed by atoms with Crippen molar-refractivity contribution in [2.45, 2.75) is 20.0 Å². The van der Waals surface area contributed by atoms with Gasteiger partial charge < -0.3 is 14.5 Å². The molecule has 2 heterocycles. The summed E-state index contributed by atoms with van der Waals surface area (Å²) in [6.45, 7) is 6.67. The van der Waals surface area contributed by atoms with Crippen molar-refractivity contribution in [3.8, 4) is 5.75 Å². The summed E-state index contributed by atoms with van der Waals surface area (Å²) in [5, 5.41) is 0.662. The summed E-state index contributed by atoms with van der Waals surface area (Å²) in [7, 11) is 0. The van der Waals surface area contributed by atoms with Crippen molar-refractivity contribution < 1.29 is 9.53 Å². The van der Waals surface area contributed by atoms with Gasteiger partial charge in [-0.25, -0.2) is 0 Å². The van der Waals surface area contributed by atoms with E-state index in [0.717, 1.165) is 24.3 Å². The van der Waals surface area contributed by atoms with Crippen molar-refractivity contribution in [1.82, 2.24) is 9.88 Å². The molecule has 6 heteroatoms. The number of pyridine rings is 1. The fourth-order valence-corrected chi connectivity index (χ4v) is 3.20. The molecule has 132 valence electrons. The Morgan fingerprint density at radius 2 is 2.00 bits per heavy atom. The summed E-state index contributed by atoms with van der Waals surface area (Å²) in [6.07, 6.45) is 3.10. The van der Waals surface area contributed by atoms with E-state index in [1.54, 1.807) is 19.2 Å². The average Bonchev–Trinajstić information content (AvgIpc) is 2.64. The van der Waals surface area contributed by atoms with Crippen molar-refractivity contribution in [2.75, 3.05) is 31.1 Å². The zero-order valence-corrected chi connectivity index (χ0v) is 15.2. The molecule has 25 heavy (non-hydrogen) atoms. The Labute approximate surface area is 153 Å². The fraction of sp³-hybridized carbons (Fsp3) is 0.368. The maximum atomic E-state index is 12.7. The van der Waals surface area contributed by atoms with Crippen LogP contribution < -0.4 is 9.64 Å². The average molecular weight is 360 g/mol. The first kappa shape index (κ1) is 17.5. The molecule has 2 aromatic rings. The van der Waals surface area contributed by atoms with Crippen LogP contribution in [-0.4, -0.2) is 48.1 Å². The molecule has 0 bridgehead atoms. The van der Waals surface area contributed by atoms with Crippen molar-refractivity contribution >= 4 is 23.2 Å². The molecule has 0 spiro atoms. The van der Waals surface area contributed by atoms with Gasteiger partial charge in [0.05, 0.1) is 11.9 Å². The lowest BCUT2D eigenvalue weighted by Gasteiger charge is -2.37. The first-order valence-corrected chi connectivity index (χ1v) is 8.79. The van der Waals surface area contributed by atoms with E-state index in [9.17, 15) is 4.79 Å². The Hall–Kier alpha value is -2.27. The van der Waals surface area contributed by atoms with E-state index < -0.39 is 6.10 Å². The summed E-state index contributed by atoms with van der Waals surface area (Å²) in [6, 6.07) is 9.38. The second-order valence-electron chi connectivity index (χ2n) is 6.19. The number of nitrogens with zero attached hydrogens (tertiary/aromatic N) is 3. The van der Waals surface area contributed by atoms with Crippen LogP contribution in [0.5, 0.6) is 5.75 Å². The van der Waals surface area contributed by atoms with Gasteiger partial charge in [-0.15, -0.1) is 0 Å². The van der Waals surface area contributed by atoms with Crippen molar-refractivity contribution in [1.29, 1.82) is 0 Å². The first-order chi connectivity index (χ1) is 12.0. The van der Waals surface area contributed by atoms with E-state index in [1.807, 2.05) is 42.3 Å². The number of aromatic nitrogens is 1. The number of rotatable bonds is 4. The molecule has 1 unspecified atom stereocenters. The highest BCUT2D eigenvalue weighted by Crippen LogP contribution is 2.23. The largest absolute Gasteiger partial charge is 0.481 e. The monoisotopic (exact) mass is 359 g/mol. The van der Waals surface area contributed by atoms with Gasteiger partial charge in [-0.3, -0.25) is 9.78 Å². The zero-order chi connectivity index (χ0) is 17.8. The van der Waals surface area contributed by atoms with Crippen molar-refractivity contribution in [2.24, 2.45) is 0 Å². The second-order valence-corrected chi connectivity index (χ2v) is 6.63. The Kier molecular flexibility index (Phi) is 5.43. The van der Waals surface area contributed by atoms with Gasteiger partial charge in [0, 0.05) is 37.4 Å². The number of anilines is 1. The minimum atomic E-state index is -0.523.